The second-order valence-corrected chi connectivity index (χ2v) is 19.3. The van der Waals surface area contributed by atoms with Crippen LogP contribution in [0.3, 0.4) is 0 Å². The van der Waals surface area contributed by atoms with Crippen LogP contribution in [0, 0.1) is 6.33 Å². The SMILES string of the molecule is [2H]c1c([2H])c([2H])c(-c2cnc(-n3c4ccccc4c4ccc(Oc5cccc(-n6[c-][n+](-c7c(-c8c([2H])c([2H])c9c(c8[2H])C(C([2H])([2H])[2H])(C([2H])([2H])[2H])C([2H])([2H])C([2H])([2H])C9(C([2H])([2H])[2H])C([2H])([2H])[2H])cccc7C(C)(C)C)c7ccccc76)c5)cc43)cc2C2([2H])CCCCC2)c([2H])c1[2H]. The van der Waals surface area contributed by atoms with E-state index in [0.29, 0.717) is 63.5 Å². The zero-order valence-corrected chi connectivity index (χ0v) is 39.3. The molecular formula is C66H64N4O. The molecule has 2 aliphatic rings. The van der Waals surface area contributed by atoms with Crippen molar-refractivity contribution < 1.29 is 43.6 Å². The number of hydrogen-bond donors (Lipinski definition) is 0. The lowest BCUT2D eigenvalue weighted by molar-refractivity contribution is -0.572. The Balaban J connectivity index is 1.03. The molecule has 3 heterocycles. The molecule has 0 aliphatic heterocycles. The Kier molecular flexibility index (Phi) is 6.14. The first-order valence-electron chi connectivity index (χ1n) is 36.2. The summed E-state index contributed by atoms with van der Waals surface area (Å²) in [4.78, 5) is 4.94. The summed E-state index contributed by atoms with van der Waals surface area (Å²) in [5.41, 5.74) is -9.28. The molecule has 0 unspecified atom stereocenters. The van der Waals surface area contributed by atoms with Crippen molar-refractivity contribution in [3.63, 3.8) is 0 Å². The summed E-state index contributed by atoms with van der Waals surface area (Å²) in [6.45, 7) is -11.4. The van der Waals surface area contributed by atoms with E-state index in [1.165, 1.54) is 18.3 Å². The number of para-hydroxylation sites is 4. The van der Waals surface area contributed by atoms with Crippen LogP contribution in [0.15, 0.2) is 170 Å². The van der Waals surface area contributed by atoms with Gasteiger partial charge in [-0.1, -0.05) is 183 Å². The van der Waals surface area contributed by atoms with Crippen molar-refractivity contribution in [2.24, 2.45) is 0 Å². The Morgan fingerprint density at radius 1 is 0.704 bits per heavy atom. The number of hydrogen-bond acceptors (Lipinski definition) is 2. The van der Waals surface area contributed by atoms with Crippen LogP contribution in [-0.4, -0.2) is 14.1 Å². The topological polar surface area (TPSA) is 35.9 Å². The van der Waals surface area contributed by atoms with Crippen LogP contribution < -0.4 is 9.30 Å². The molecule has 0 N–H and O–H groups in total. The van der Waals surface area contributed by atoms with E-state index in [4.69, 9.17) is 33.0 Å². The number of pyridine rings is 1. The fourth-order valence-corrected chi connectivity index (χ4v) is 10.2. The molecule has 2 aliphatic carbocycles. The minimum absolute atomic E-state index is 0.0321. The normalized spacial score (nSPS) is 23.6. The van der Waals surface area contributed by atoms with Gasteiger partial charge in [0.05, 0.1) is 44.4 Å². The number of aromatic nitrogens is 4. The third-order valence-electron chi connectivity index (χ3n) is 13.6. The van der Waals surface area contributed by atoms with Gasteiger partial charge in [0.2, 0.25) is 0 Å². The highest BCUT2D eigenvalue weighted by atomic mass is 16.5. The molecule has 354 valence electrons. The van der Waals surface area contributed by atoms with Crippen LogP contribution >= 0.6 is 0 Å². The Hall–Kier alpha value is -7.24. The molecule has 0 atom stereocenters. The molecule has 10 aromatic rings. The Bertz CT molecular complexity index is 4790. The molecule has 5 heteroatoms. The van der Waals surface area contributed by atoms with E-state index in [1.807, 2.05) is 67.8 Å². The fourth-order valence-electron chi connectivity index (χ4n) is 10.2. The number of imidazole rings is 1. The summed E-state index contributed by atoms with van der Waals surface area (Å²) in [5, 5.41) is 1.70. The van der Waals surface area contributed by atoms with Gasteiger partial charge in [0.1, 0.15) is 17.3 Å². The summed E-state index contributed by atoms with van der Waals surface area (Å²) >= 11 is 0. The monoisotopic (exact) mass is 954 g/mol. The molecule has 5 nitrogen and oxygen atoms in total. The summed E-state index contributed by atoms with van der Waals surface area (Å²) < 4.78 is 238. The largest absolute Gasteiger partial charge is 0.458 e. The van der Waals surface area contributed by atoms with Crippen molar-refractivity contribution in [2.75, 3.05) is 0 Å². The number of fused-ring (bicyclic) bond motifs is 5. The van der Waals surface area contributed by atoms with Gasteiger partial charge in [0, 0.05) is 51.9 Å². The average molecular weight is 954 g/mol. The van der Waals surface area contributed by atoms with E-state index < -0.39 is 127 Å². The van der Waals surface area contributed by atoms with Crippen LogP contribution in [0.5, 0.6) is 11.5 Å². The summed E-state index contributed by atoms with van der Waals surface area (Å²) in [6.07, 6.45) is -0.688. The van der Waals surface area contributed by atoms with Gasteiger partial charge < -0.3 is 4.74 Å². The predicted octanol–water partition coefficient (Wildman–Crippen LogP) is 17.0. The Morgan fingerprint density at radius 3 is 2.24 bits per heavy atom. The van der Waals surface area contributed by atoms with Gasteiger partial charge in [-0.15, -0.1) is 0 Å². The van der Waals surface area contributed by atoms with Gasteiger partial charge in [-0.05, 0) is 129 Å². The second kappa shape index (κ2) is 17.3. The van der Waals surface area contributed by atoms with Crippen LogP contribution in [0.1, 0.15) is 155 Å². The van der Waals surface area contributed by atoms with E-state index in [9.17, 15) is 11.0 Å². The zero-order chi connectivity index (χ0) is 70.1. The van der Waals surface area contributed by atoms with Crippen molar-refractivity contribution in [3.8, 4) is 50.9 Å². The lowest BCUT2D eigenvalue weighted by Crippen LogP contribution is -2.35. The molecule has 0 amide bonds. The molecule has 3 aromatic heterocycles. The molecule has 1 fully saturated rings. The van der Waals surface area contributed by atoms with Crippen LogP contribution in [0.4, 0.5) is 0 Å². The molecule has 0 saturated heterocycles. The van der Waals surface area contributed by atoms with Crippen molar-refractivity contribution in [2.45, 2.75) is 115 Å². The first-order valence-corrected chi connectivity index (χ1v) is 23.7. The highest BCUT2D eigenvalue weighted by Gasteiger charge is 2.37. The van der Waals surface area contributed by atoms with Gasteiger partial charge >= 0.3 is 0 Å². The third-order valence-corrected chi connectivity index (χ3v) is 13.6. The lowest BCUT2D eigenvalue weighted by atomic mass is 9.63. The van der Waals surface area contributed by atoms with Crippen LogP contribution in [0.2, 0.25) is 0 Å². The number of benzene rings is 7. The molecule has 0 bridgehead atoms. The molecule has 0 radical (unpaired) electrons. The number of ether oxygens (including phenoxy) is 1. The smallest absolute Gasteiger partial charge is 0.269 e. The first kappa shape index (κ1) is 25.2. The van der Waals surface area contributed by atoms with Gasteiger partial charge in [-0.25, -0.2) is 4.98 Å². The first-order chi connectivity index (χ1) is 44.5. The van der Waals surface area contributed by atoms with Gasteiger partial charge in [0.15, 0.2) is 0 Å². The van der Waals surface area contributed by atoms with E-state index in [-0.39, 0.29) is 22.4 Å². The van der Waals surface area contributed by atoms with Crippen molar-refractivity contribution >= 4 is 32.8 Å². The fraction of sp³-hybridized carbons (Fsp3) is 0.273. The van der Waals surface area contributed by atoms with Crippen molar-refractivity contribution in [1.29, 1.82) is 0 Å². The summed E-state index contributed by atoms with van der Waals surface area (Å²) in [5.74, 6) is -0.0267. The third kappa shape index (κ3) is 7.95. The molecule has 71 heavy (non-hydrogen) atoms. The average Bonchev–Trinajstić information content (AvgIpc) is 0.804. The van der Waals surface area contributed by atoms with Gasteiger partial charge in [-0.2, -0.15) is 0 Å². The second-order valence-electron chi connectivity index (χ2n) is 19.3. The summed E-state index contributed by atoms with van der Waals surface area (Å²) in [7, 11) is 0. The highest BCUT2D eigenvalue weighted by Crippen LogP contribution is 2.48. The molecular weight excluding hydrogens is 865 g/mol. The Morgan fingerprint density at radius 2 is 1.44 bits per heavy atom. The minimum atomic E-state index is -4.51. The van der Waals surface area contributed by atoms with Gasteiger partial charge in [0.25, 0.3) is 6.33 Å². The predicted molar refractivity (Wildman–Crippen MR) is 293 cm³/mol. The summed E-state index contributed by atoms with van der Waals surface area (Å²) in [6, 6.07) is 27.5. The van der Waals surface area contributed by atoms with Crippen LogP contribution in [0.25, 0.3) is 72.3 Å². The number of rotatable bonds is 8. The maximum absolute atomic E-state index is 10.1. The molecule has 7 aromatic carbocycles. The van der Waals surface area contributed by atoms with Crippen molar-refractivity contribution in [1.82, 2.24) is 14.1 Å². The quantitative estimate of drug-likeness (QED) is 0.112. The maximum Gasteiger partial charge on any atom is 0.269 e. The van der Waals surface area contributed by atoms with E-state index in [0.717, 1.165) is 35.6 Å². The van der Waals surface area contributed by atoms with Gasteiger partial charge in [-0.3, -0.25) is 13.7 Å². The molecule has 12 rings (SSSR count). The minimum Gasteiger partial charge on any atom is -0.458 e. The van der Waals surface area contributed by atoms with Crippen molar-refractivity contribution in [3.05, 3.63) is 198 Å². The number of nitrogens with zero attached hydrogens (tertiary/aromatic N) is 4. The lowest BCUT2D eigenvalue weighted by Gasteiger charge is -2.42. The van der Waals surface area contributed by atoms with Crippen LogP contribution in [-0.2, 0) is 16.2 Å². The van der Waals surface area contributed by atoms with E-state index >= 15 is 0 Å². The highest BCUT2D eigenvalue weighted by molar-refractivity contribution is 6.09. The molecule has 1 saturated carbocycles. The molecule has 0 spiro atoms. The zero-order valence-electron chi connectivity index (χ0n) is 64.3. The standard InChI is InChI=1S/C66H64N4O/c1-64(2,3)56-28-19-27-50(46-32-35-55-57(38-46)66(6,7)37-36-65(55,4)5)63(56)69-43-68(59-30-16-17-31-60(59)69)47-24-18-25-48(39-47)71-49-33-34-52-51-26-14-15-29-58(51)70(61(52)40-49)62-41-53(44-20-10-8-11-21-44)54(42-67-62)45-22-12-9-13-23-45/h9,12-19,22-35,38-42,44H,8,10-11,20-21,36-37H2,1-7H3/i4D3,5D3,6D3,7D3,9D,12D,13D,22D,23D,32D,35D,36D2,37D2,38D,44D. The van der Waals surface area contributed by atoms with E-state index in [1.54, 1.807) is 69.8 Å². The Labute approximate surface area is 454 Å². The van der Waals surface area contributed by atoms with E-state index in [2.05, 4.69) is 6.33 Å². The maximum atomic E-state index is 10.1.